The number of rotatable bonds is 3. The van der Waals surface area contributed by atoms with Crippen molar-refractivity contribution in [3.63, 3.8) is 0 Å². The van der Waals surface area contributed by atoms with Gasteiger partial charge < -0.3 is 4.74 Å². The standard InChI is InChI=1S/C12H6BrClFNO2/c13-9-2-10(14)11(15)3-12(9)18-8-1-7(6-17)4-16-5-8/h1-6H. The highest BCUT2D eigenvalue weighted by atomic mass is 79.9. The lowest BCUT2D eigenvalue weighted by Crippen LogP contribution is -1.90. The monoisotopic (exact) mass is 329 g/mol. The summed E-state index contributed by atoms with van der Waals surface area (Å²) in [6.45, 7) is 0. The number of benzene rings is 1. The fraction of sp³-hybridized carbons (Fsp3) is 0. The highest BCUT2D eigenvalue weighted by molar-refractivity contribution is 9.10. The summed E-state index contributed by atoms with van der Waals surface area (Å²) in [4.78, 5) is 14.4. The molecular formula is C12H6BrClFNO2. The van der Waals surface area contributed by atoms with Crippen molar-refractivity contribution in [1.29, 1.82) is 0 Å². The molecule has 0 bridgehead atoms. The maximum Gasteiger partial charge on any atom is 0.151 e. The van der Waals surface area contributed by atoms with E-state index in [0.717, 1.165) is 6.07 Å². The number of aromatic nitrogens is 1. The number of nitrogens with zero attached hydrogens (tertiary/aromatic N) is 1. The Morgan fingerprint density at radius 3 is 2.83 bits per heavy atom. The molecule has 92 valence electrons. The highest BCUT2D eigenvalue weighted by Gasteiger charge is 2.09. The fourth-order valence-electron chi connectivity index (χ4n) is 1.27. The van der Waals surface area contributed by atoms with Gasteiger partial charge in [-0.25, -0.2) is 4.39 Å². The third-order valence-corrected chi connectivity index (χ3v) is 2.98. The van der Waals surface area contributed by atoms with Crippen molar-refractivity contribution in [2.45, 2.75) is 0 Å². The van der Waals surface area contributed by atoms with Crippen molar-refractivity contribution in [2.75, 3.05) is 0 Å². The molecule has 2 aromatic rings. The number of ether oxygens (including phenoxy) is 1. The molecule has 3 nitrogen and oxygen atoms in total. The van der Waals surface area contributed by atoms with Gasteiger partial charge in [0, 0.05) is 17.8 Å². The minimum atomic E-state index is -0.589. The molecule has 0 fully saturated rings. The Bertz CT molecular complexity index is 607. The molecule has 1 aromatic heterocycles. The maximum atomic E-state index is 13.3. The molecule has 0 unspecified atom stereocenters. The van der Waals surface area contributed by atoms with Crippen molar-refractivity contribution in [3.05, 3.63) is 51.5 Å². The van der Waals surface area contributed by atoms with Crippen LogP contribution in [0.25, 0.3) is 0 Å². The Hall–Kier alpha value is -1.46. The normalized spacial score (nSPS) is 10.2. The van der Waals surface area contributed by atoms with Gasteiger partial charge in [-0.3, -0.25) is 9.78 Å². The molecule has 0 saturated heterocycles. The average Bonchev–Trinajstić information content (AvgIpc) is 2.36. The molecular weight excluding hydrogens is 324 g/mol. The largest absolute Gasteiger partial charge is 0.454 e. The molecule has 6 heteroatoms. The first kappa shape index (κ1) is 13.0. The lowest BCUT2D eigenvalue weighted by atomic mass is 10.3. The summed E-state index contributed by atoms with van der Waals surface area (Å²) in [7, 11) is 0. The smallest absolute Gasteiger partial charge is 0.151 e. The summed E-state index contributed by atoms with van der Waals surface area (Å²) >= 11 is 8.83. The van der Waals surface area contributed by atoms with Gasteiger partial charge in [-0.2, -0.15) is 0 Å². The molecule has 18 heavy (non-hydrogen) atoms. The molecule has 2 rings (SSSR count). The Morgan fingerprint density at radius 1 is 1.33 bits per heavy atom. The van der Waals surface area contributed by atoms with Crippen LogP contribution in [0.2, 0.25) is 5.02 Å². The van der Waals surface area contributed by atoms with Gasteiger partial charge in [0.1, 0.15) is 17.3 Å². The van der Waals surface area contributed by atoms with Crippen molar-refractivity contribution in [3.8, 4) is 11.5 Å². The molecule has 0 radical (unpaired) electrons. The average molecular weight is 331 g/mol. The van der Waals surface area contributed by atoms with Crippen LogP contribution in [-0.2, 0) is 0 Å². The van der Waals surface area contributed by atoms with E-state index in [2.05, 4.69) is 20.9 Å². The number of hydrogen-bond acceptors (Lipinski definition) is 3. The number of hydrogen-bond donors (Lipinski definition) is 0. The number of carbonyl (C=O) groups excluding carboxylic acids is 1. The second-order valence-corrected chi connectivity index (χ2v) is 4.63. The molecule has 0 aliphatic carbocycles. The Kier molecular flexibility index (Phi) is 3.93. The Morgan fingerprint density at radius 2 is 2.11 bits per heavy atom. The first-order valence-corrected chi connectivity index (χ1v) is 6.00. The van der Waals surface area contributed by atoms with Crippen LogP contribution in [0.3, 0.4) is 0 Å². The predicted molar refractivity (Wildman–Crippen MR) is 68.8 cm³/mol. The summed E-state index contributed by atoms with van der Waals surface area (Å²) in [5.74, 6) is -0.00172. The van der Waals surface area contributed by atoms with Gasteiger partial charge in [0.05, 0.1) is 15.7 Å². The highest BCUT2D eigenvalue weighted by Crippen LogP contribution is 2.33. The molecule has 0 spiro atoms. The molecule has 0 atom stereocenters. The molecule has 1 heterocycles. The zero-order chi connectivity index (χ0) is 13.1. The van der Waals surface area contributed by atoms with Gasteiger partial charge >= 0.3 is 0 Å². The van der Waals surface area contributed by atoms with Crippen LogP contribution in [-0.4, -0.2) is 11.3 Å². The summed E-state index contributed by atoms with van der Waals surface area (Å²) in [6.07, 6.45) is 3.47. The molecule has 0 aliphatic rings. The second kappa shape index (κ2) is 5.46. The van der Waals surface area contributed by atoms with Crippen LogP contribution >= 0.6 is 27.5 Å². The van der Waals surface area contributed by atoms with E-state index < -0.39 is 5.82 Å². The number of aldehydes is 1. The van der Waals surface area contributed by atoms with Crippen molar-refractivity contribution in [2.24, 2.45) is 0 Å². The minimum Gasteiger partial charge on any atom is -0.454 e. The summed E-state index contributed by atoms with van der Waals surface area (Å²) < 4.78 is 19.2. The number of halogens is 3. The van der Waals surface area contributed by atoms with Crippen LogP contribution in [0, 0.1) is 5.82 Å². The maximum absolute atomic E-state index is 13.3. The van der Waals surface area contributed by atoms with Gasteiger partial charge in [0.2, 0.25) is 0 Å². The number of carbonyl (C=O) groups is 1. The van der Waals surface area contributed by atoms with E-state index in [1.54, 1.807) is 0 Å². The lowest BCUT2D eigenvalue weighted by molar-refractivity contribution is 0.112. The van der Waals surface area contributed by atoms with Crippen LogP contribution in [0.5, 0.6) is 11.5 Å². The molecule has 0 amide bonds. The van der Waals surface area contributed by atoms with Crippen LogP contribution < -0.4 is 4.74 Å². The Labute approximate surface area is 116 Å². The SMILES string of the molecule is O=Cc1cncc(Oc2cc(F)c(Cl)cc2Br)c1. The van der Waals surface area contributed by atoms with E-state index >= 15 is 0 Å². The summed E-state index contributed by atoms with van der Waals surface area (Å²) in [5.41, 5.74) is 0.373. The van der Waals surface area contributed by atoms with Gasteiger partial charge in [-0.1, -0.05) is 11.6 Å². The first-order valence-electron chi connectivity index (χ1n) is 4.83. The van der Waals surface area contributed by atoms with Gasteiger partial charge in [-0.15, -0.1) is 0 Å². The van der Waals surface area contributed by atoms with Crippen LogP contribution in [0.15, 0.2) is 35.1 Å². The quantitative estimate of drug-likeness (QED) is 0.624. The van der Waals surface area contributed by atoms with Gasteiger partial charge in [0.15, 0.2) is 6.29 Å². The van der Waals surface area contributed by atoms with Crippen molar-refractivity contribution < 1.29 is 13.9 Å². The lowest BCUT2D eigenvalue weighted by Gasteiger charge is -2.08. The molecule has 0 N–H and O–H groups in total. The zero-order valence-corrected chi connectivity index (χ0v) is 11.2. The minimum absolute atomic E-state index is 0.00556. The van der Waals surface area contributed by atoms with Crippen molar-refractivity contribution >= 4 is 33.8 Å². The summed E-state index contributed by atoms with van der Waals surface area (Å²) in [6, 6.07) is 4.04. The number of pyridine rings is 1. The second-order valence-electron chi connectivity index (χ2n) is 3.37. The fourth-order valence-corrected chi connectivity index (χ4v) is 1.99. The third-order valence-electron chi connectivity index (χ3n) is 2.07. The van der Waals surface area contributed by atoms with E-state index in [-0.39, 0.29) is 10.8 Å². The van der Waals surface area contributed by atoms with Crippen LogP contribution in [0.4, 0.5) is 4.39 Å². The van der Waals surface area contributed by atoms with E-state index in [0.29, 0.717) is 22.1 Å². The third kappa shape index (κ3) is 2.86. The van der Waals surface area contributed by atoms with Gasteiger partial charge in [-0.05, 0) is 28.1 Å². The summed E-state index contributed by atoms with van der Waals surface area (Å²) in [5, 5.41) is -0.00556. The van der Waals surface area contributed by atoms with E-state index in [4.69, 9.17) is 16.3 Å². The zero-order valence-electron chi connectivity index (χ0n) is 8.86. The Balaban J connectivity index is 2.33. The molecule has 0 saturated carbocycles. The van der Waals surface area contributed by atoms with Gasteiger partial charge in [0.25, 0.3) is 0 Å². The van der Waals surface area contributed by atoms with E-state index in [9.17, 15) is 9.18 Å². The van der Waals surface area contributed by atoms with Crippen LogP contribution in [0.1, 0.15) is 10.4 Å². The van der Waals surface area contributed by atoms with E-state index in [1.807, 2.05) is 0 Å². The van der Waals surface area contributed by atoms with E-state index in [1.165, 1.54) is 24.5 Å². The molecule has 0 aliphatic heterocycles. The van der Waals surface area contributed by atoms with Crippen molar-refractivity contribution in [1.82, 2.24) is 4.98 Å². The first-order chi connectivity index (χ1) is 8.60. The molecule has 1 aromatic carbocycles. The predicted octanol–water partition coefficient (Wildman–Crippen LogP) is 4.24. The topological polar surface area (TPSA) is 39.2 Å².